The lowest BCUT2D eigenvalue weighted by Crippen LogP contribution is -2.46. The minimum absolute atomic E-state index is 0.00778. The number of carbonyl (C=O) groups excluding carboxylic acids is 1. The van der Waals surface area contributed by atoms with Crippen LogP contribution in [0.2, 0.25) is 5.02 Å². The van der Waals surface area contributed by atoms with Gasteiger partial charge >= 0.3 is 0 Å². The number of pyridine rings is 1. The van der Waals surface area contributed by atoms with E-state index in [9.17, 15) is 13.2 Å². The van der Waals surface area contributed by atoms with Gasteiger partial charge in [0.2, 0.25) is 10.0 Å². The molecule has 162 valence electrons. The molecule has 2 N–H and O–H groups in total. The number of carbonyl (C=O) groups is 1. The zero-order valence-corrected chi connectivity index (χ0v) is 17.9. The summed E-state index contributed by atoms with van der Waals surface area (Å²) in [6.07, 6.45) is 3.87. The molecule has 4 rings (SSSR count). The van der Waals surface area contributed by atoms with Crippen LogP contribution in [0, 0.1) is 5.92 Å². The molecule has 2 atom stereocenters. The Balaban J connectivity index is 1.52. The number of rotatable bonds is 6. The van der Waals surface area contributed by atoms with E-state index in [1.165, 1.54) is 16.6 Å². The second-order valence-corrected chi connectivity index (χ2v) is 9.83. The van der Waals surface area contributed by atoms with Crippen LogP contribution in [0.4, 0.5) is 0 Å². The number of hydrogen-bond acceptors (Lipinski definition) is 7. The smallest absolute Gasteiger partial charge is 0.245 e. The summed E-state index contributed by atoms with van der Waals surface area (Å²) in [5, 5.41) is 1.27. The molecular weight excluding hydrogens is 430 g/mol. The summed E-state index contributed by atoms with van der Waals surface area (Å²) in [5.41, 5.74) is 6.24. The van der Waals surface area contributed by atoms with E-state index in [2.05, 4.69) is 4.98 Å². The summed E-state index contributed by atoms with van der Waals surface area (Å²) >= 11 is 6.25. The Labute approximate surface area is 180 Å². The normalized spacial score (nSPS) is 23.8. The van der Waals surface area contributed by atoms with E-state index in [-0.39, 0.29) is 35.0 Å². The van der Waals surface area contributed by atoms with Crippen molar-refractivity contribution in [2.45, 2.75) is 36.4 Å². The highest BCUT2D eigenvalue weighted by atomic mass is 35.5. The van der Waals surface area contributed by atoms with Crippen LogP contribution in [0.1, 0.15) is 19.3 Å². The van der Waals surface area contributed by atoms with E-state index < -0.39 is 22.1 Å². The summed E-state index contributed by atoms with van der Waals surface area (Å²) in [5.74, 6) is -0.779. The van der Waals surface area contributed by atoms with Crippen molar-refractivity contribution in [1.82, 2.24) is 9.29 Å². The number of halogens is 1. The van der Waals surface area contributed by atoms with Crippen molar-refractivity contribution in [3.05, 3.63) is 35.6 Å². The van der Waals surface area contributed by atoms with Gasteiger partial charge in [-0.05, 0) is 25.3 Å². The van der Waals surface area contributed by atoms with Crippen LogP contribution in [0.3, 0.4) is 0 Å². The number of nitrogens with two attached hydrogens (primary N) is 1. The molecule has 2 fully saturated rings. The predicted octanol–water partition coefficient (Wildman–Crippen LogP) is 1.95. The highest BCUT2D eigenvalue weighted by Crippen LogP contribution is 2.34. The highest BCUT2D eigenvalue weighted by Gasteiger charge is 2.43. The number of ether oxygens (including phenoxy) is 2. The van der Waals surface area contributed by atoms with Crippen LogP contribution in [-0.2, 0) is 24.3 Å². The van der Waals surface area contributed by atoms with Crippen LogP contribution >= 0.6 is 11.6 Å². The first-order chi connectivity index (χ1) is 14.4. The van der Waals surface area contributed by atoms with E-state index >= 15 is 0 Å². The fourth-order valence-electron chi connectivity index (χ4n) is 4.07. The largest absolute Gasteiger partial charge is 0.381 e. The molecule has 0 aliphatic carbocycles. The van der Waals surface area contributed by atoms with Crippen LogP contribution in [0.25, 0.3) is 10.8 Å². The Hall–Kier alpha value is -1.62. The summed E-state index contributed by atoms with van der Waals surface area (Å²) in [7, 11) is -3.95. The van der Waals surface area contributed by atoms with E-state index in [0.29, 0.717) is 30.4 Å². The quantitative estimate of drug-likeness (QED) is 0.711. The van der Waals surface area contributed by atoms with Crippen molar-refractivity contribution in [2.24, 2.45) is 11.7 Å². The van der Waals surface area contributed by atoms with Crippen molar-refractivity contribution < 1.29 is 22.7 Å². The maximum atomic E-state index is 13.4. The summed E-state index contributed by atoms with van der Waals surface area (Å²) in [6.45, 7) is 1.34. The third-order valence-electron chi connectivity index (χ3n) is 5.73. The topological polar surface area (TPSA) is 112 Å². The molecule has 3 heterocycles. The van der Waals surface area contributed by atoms with Crippen molar-refractivity contribution in [3.63, 3.8) is 0 Å². The Kier molecular flexibility index (Phi) is 6.38. The Morgan fingerprint density at radius 2 is 2.03 bits per heavy atom. The number of ketones is 1. The van der Waals surface area contributed by atoms with Crippen LogP contribution in [0.5, 0.6) is 0 Å². The summed E-state index contributed by atoms with van der Waals surface area (Å²) < 4.78 is 39.0. The van der Waals surface area contributed by atoms with E-state index in [1.807, 2.05) is 0 Å². The molecule has 0 saturated carbocycles. The molecule has 10 heteroatoms. The van der Waals surface area contributed by atoms with Gasteiger partial charge in [-0.2, -0.15) is 4.31 Å². The number of aromatic nitrogens is 1. The van der Waals surface area contributed by atoms with Gasteiger partial charge in [0.05, 0.1) is 28.1 Å². The number of fused-ring (bicyclic) bond motifs is 1. The van der Waals surface area contributed by atoms with Crippen molar-refractivity contribution in [1.29, 1.82) is 0 Å². The number of Topliss-reactive ketones (excluding diaryl/α,β-unsaturated/α-hetero) is 1. The van der Waals surface area contributed by atoms with Gasteiger partial charge in [-0.15, -0.1) is 0 Å². The standard InChI is InChI=1S/C20H24ClN3O5S/c21-16-11-23-10-13-2-1-3-18(19(13)16)30(26,27)24-7-4-15(20(24)22)17(25)12-29-14-5-8-28-9-6-14/h1-3,10-11,14-15,20H,4-9,12,22H2/t15?,20-/m0/s1. The first-order valence-corrected chi connectivity index (χ1v) is 11.7. The monoisotopic (exact) mass is 453 g/mol. The van der Waals surface area contributed by atoms with Crippen LogP contribution in [-0.4, -0.2) is 62.1 Å². The molecule has 2 saturated heterocycles. The Morgan fingerprint density at radius 1 is 1.27 bits per heavy atom. The molecule has 2 aromatic rings. The summed E-state index contributed by atoms with van der Waals surface area (Å²) in [4.78, 5) is 16.8. The predicted molar refractivity (Wildman–Crippen MR) is 112 cm³/mol. The molecule has 0 bridgehead atoms. The fourth-order valence-corrected chi connectivity index (χ4v) is 6.19. The first-order valence-electron chi connectivity index (χ1n) is 9.91. The molecule has 0 radical (unpaired) electrons. The van der Waals surface area contributed by atoms with Gasteiger partial charge in [0.15, 0.2) is 5.78 Å². The molecule has 1 aromatic carbocycles. The van der Waals surface area contributed by atoms with Crippen LogP contribution in [0.15, 0.2) is 35.5 Å². The van der Waals surface area contributed by atoms with Crippen LogP contribution < -0.4 is 5.73 Å². The van der Waals surface area contributed by atoms with Gasteiger partial charge < -0.3 is 15.2 Å². The van der Waals surface area contributed by atoms with Gasteiger partial charge in [-0.25, -0.2) is 8.42 Å². The average Bonchev–Trinajstić information content (AvgIpc) is 3.15. The zero-order chi connectivity index (χ0) is 21.3. The van der Waals surface area contributed by atoms with E-state index in [1.54, 1.807) is 18.3 Å². The maximum Gasteiger partial charge on any atom is 0.245 e. The second-order valence-electron chi connectivity index (χ2n) is 7.57. The number of sulfonamides is 1. The lowest BCUT2D eigenvalue weighted by molar-refractivity contribution is -0.132. The molecule has 30 heavy (non-hydrogen) atoms. The molecule has 0 amide bonds. The molecule has 1 aromatic heterocycles. The number of benzene rings is 1. The third-order valence-corrected chi connectivity index (χ3v) is 7.96. The minimum atomic E-state index is -3.95. The first kappa shape index (κ1) is 21.6. The number of nitrogens with zero attached hydrogens (tertiary/aromatic N) is 2. The second kappa shape index (κ2) is 8.86. The van der Waals surface area contributed by atoms with Gasteiger partial charge in [-0.3, -0.25) is 9.78 Å². The molecular formula is C20H24ClN3O5S. The van der Waals surface area contributed by atoms with E-state index in [0.717, 1.165) is 12.8 Å². The molecule has 0 spiro atoms. The third kappa shape index (κ3) is 4.10. The Bertz CT molecular complexity index is 1040. The van der Waals surface area contributed by atoms with E-state index in [4.69, 9.17) is 26.8 Å². The zero-order valence-electron chi connectivity index (χ0n) is 16.4. The van der Waals surface area contributed by atoms with Gasteiger partial charge in [0.1, 0.15) is 6.61 Å². The SMILES string of the molecule is N[C@@H]1C(C(=O)COC2CCOCC2)CCN1S(=O)(=O)c1cccc2cncc(Cl)c12. The van der Waals surface area contributed by atoms with Crippen molar-refractivity contribution >= 4 is 38.2 Å². The Morgan fingerprint density at radius 3 is 2.80 bits per heavy atom. The van der Waals surface area contributed by atoms with Crippen molar-refractivity contribution in [2.75, 3.05) is 26.4 Å². The number of hydrogen-bond donors (Lipinski definition) is 1. The highest BCUT2D eigenvalue weighted by molar-refractivity contribution is 7.89. The lowest BCUT2D eigenvalue weighted by atomic mass is 10.0. The molecule has 2 aliphatic rings. The maximum absolute atomic E-state index is 13.4. The van der Waals surface area contributed by atoms with Gasteiger partial charge in [0, 0.05) is 42.9 Å². The minimum Gasteiger partial charge on any atom is -0.381 e. The van der Waals surface area contributed by atoms with Gasteiger partial charge in [0.25, 0.3) is 0 Å². The lowest BCUT2D eigenvalue weighted by Gasteiger charge is -2.25. The van der Waals surface area contributed by atoms with Gasteiger partial charge in [-0.1, -0.05) is 23.7 Å². The summed E-state index contributed by atoms with van der Waals surface area (Å²) in [6, 6.07) is 4.88. The fraction of sp³-hybridized carbons (Fsp3) is 0.500. The van der Waals surface area contributed by atoms with Crippen molar-refractivity contribution in [3.8, 4) is 0 Å². The molecule has 2 aliphatic heterocycles. The molecule has 8 nitrogen and oxygen atoms in total. The molecule has 1 unspecified atom stereocenters. The average molecular weight is 454 g/mol.